The minimum Gasteiger partial charge on any atom is -0.474 e. The number of hydrogen-bond donors (Lipinski definition) is 0. The number of benzene rings is 1. The lowest BCUT2D eigenvalue weighted by Gasteiger charge is -2.32. The number of carbonyl (C=O) groups excluding carboxylic acids is 1. The second kappa shape index (κ2) is 11.0. The maximum absolute atomic E-state index is 14.4. The molecule has 2 heterocycles. The molecule has 0 N–H and O–H groups in total. The van der Waals surface area contributed by atoms with Gasteiger partial charge in [0.05, 0.1) is 10.5 Å². The molecule has 3 rings (SSSR count). The lowest BCUT2D eigenvalue weighted by molar-refractivity contribution is -0.118. The van der Waals surface area contributed by atoms with Gasteiger partial charge in [-0.3, -0.25) is 4.79 Å². The van der Waals surface area contributed by atoms with Gasteiger partial charge in [-0.2, -0.15) is 0 Å². The summed E-state index contributed by atoms with van der Waals surface area (Å²) in [5, 5.41) is 0. The summed E-state index contributed by atoms with van der Waals surface area (Å²) >= 11 is 0. The number of Topliss-reactive ketones (excluding diaryl/α,β-unsaturated/α-hetero) is 1. The third-order valence-electron chi connectivity index (χ3n) is 5.67. The highest BCUT2D eigenvalue weighted by molar-refractivity contribution is 7.90. The van der Waals surface area contributed by atoms with E-state index in [1.807, 2.05) is 6.92 Å². The summed E-state index contributed by atoms with van der Waals surface area (Å²) in [4.78, 5) is 21.9. The fourth-order valence-corrected chi connectivity index (χ4v) is 4.26. The van der Waals surface area contributed by atoms with Gasteiger partial charge in [-0.05, 0) is 50.9 Å². The predicted molar refractivity (Wildman–Crippen MR) is 121 cm³/mol. The van der Waals surface area contributed by atoms with E-state index in [9.17, 15) is 17.6 Å². The van der Waals surface area contributed by atoms with Crippen molar-refractivity contribution in [2.75, 3.05) is 25.9 Å². The van der Waals surface area contributed by atoms with Crippen LogP contribution in [0.25, 0.3) is 0 Å². The average molecular weight is 480 g/mol. The molecule has 0 unspecified atom stereocenters. The number of nitrogens with zero attached hydrogens (tertiary/aromatic N) is 3. The van der Waals surface area contributed by atoms with E-state index in [1.54, 1.807) is 6.92 Å². The van der Waals surface area contributed by atoms with Gasteiger partial charge in [0.25, 0.3) is 0 Å². The topological polar surface area (TPSA) is 98.7 Å². The standard InChI is InChI=1S/C23H30FN3O5S/c1-4-17(28)6-5-11-27-12-9-18(10-13-27)31-22-16(2)23(26-15-25-22)32-21-8-7-19(14-20(21)24)33(3,29)30/h7-8,14-15,18H,4-6,9-13H2,1-3H3. The van der Waals surface area contributed by atoms with Crippen LogP contribution in [-0.4, -0.2) is 61.1 Å². The highest BCUT2D eigenvalue weighted by Crippen LogP contribution is 2.31. The van der Waals surface area contributed by atoms with E-state index in [4.69, 9.17) is 9.47 Å². The Morgan fingerprint density at radius 1 is 1.21 bits per heavy atom. The van der Waals surface area contributed by atoms with E-state index in [2.05, 4.69) is 14.9 Å². The number of likely N-dealkylation sites (tertiary alicyclic amines) is 1. The third kappa shape index (κ3) is 6.94. The fraction of sp³-hybridized carbons (Fsp3) is 0.522. The molecule has 0 spiro atoms. The highest BCUT2D eigenvalue weighted by Gasteiger charge is 2.23. The van der Waals surface area contributed by atoms with E-state index < -0.39 is 15.7 Å². The van der Waals surface area contributed by atoms with Gasteiger partial charge in [-0.1, -0.05) is 6.92 Å². The molecule has 0 atom stereocenters. The normalized spacial score (nSPS) is 15.4. The van der Waals surface area contributed by atoms with Gasteiger partial charge in [0, 0.05) is 32.2 Å². The van der Waals surface area contributed by atoms with Gasteiger partial charge in [0.15, 0.2) is 21.4 Å². The van der Waals surface area contributed by atoms with E-state index in [-0.39, 0.29) is 22.6 Å². The smallest absolute Gasteiger partial charge is 0.229 e. The van der Waals surface area contributed by atoms with E-state index in [0.29, 0.717) is 30.1 Å². The molecule has 33 heavy (non-hydrogen) atoms. The van der Waals surface area contributed by atoms with Crippen LogP contribution in [0.15, 0.2) is 29.4 Å². The Morgan fingerprint density at radius 3 is 2.55 bits per heavy atom. The van der Waals surface area contributed by atoms with Gasteiger partial charge >= 0.3 is 0 Å². The van der Waals surface area contributed by atoms with Crippen molar-refractivity contribution >= 4 is 15.6 Å². The number of piperidine rings is 1. The molecule has 8 nitrogen and oxygen atoms in total. The molecule has 0 radical (unpaired) electrons. The molecule has 2 aromatic rings. The van der Waals surface area contributed by atoms with E-state index in [0.717, 1.165) is 51.2 Å². The van der Waals surface area contributed by atoms with Crippen LogP contribution in [-0.2, 0) is 14.6 Å². The third-order valence-corrected chi connectivity index (χ3v) is 6.78. The van der Waals surface area contributed by atoms with Crippen molar-refractivity contribution in [3.05, 3.63) is 35.9 Å². The number of ketones is 1. The highest BCUT2D eigenvalue weighted by atomic mass is 32.2. The molecule has 1 aliphatic heterocycles. The molecule has 0 bridgehead atoms. The Labute approximate surface area is 194 Å². The number of hydrogen-bond acceptors (Lipinski definition) is 8. The van der Waals surface area contributed by atoms with E-state index >= 15 is 0 Å². The molecule has 0 saturated carbocycles. The first-order valence-corrected chi connectivity index (χ1v) is 13.0. The second-order valence-corrected chi connectivity index (χ2v) is 10.2. The van der Waals surface area contributed by atoms with Crippen molar-refractivity contribution in [1.29, 1.82) is 0 Å². The van der Waals surface area contributed by atoms with Crippen molar-refractivity contribution in [2.24, 2.45) is 0 Å². The zero-order chi connectivity index (χ0) is 24.0. The van der Waals surface area contributed by atoms with Gasteiger partial charge in [0.1, 0.15) is 18.2 Å². The number of halogens is 1. The van der Waals surface area contributed by atoms with Crippen LogP contribution in [0, 0.1) is 12.7 Å². The SMILES string of the molecule is CCC(=O)CCCN1CCC(Oc2ncnc(Oc3ccc(S(C)(=O)=O)cc3F)c2C)CC1. The van der Waals surface area contributed by atoms with Crippen LogP contribution in [0.2, 0.25) is 0 Å². The zero-order valence-electron chi connectivity index (χ0n) is 19.2. The molecule has 180 valence electrons. The van der Waals surface area contributed by atoms with Crippen LogP contribution in [0.1, 0.15) is 44.6 Å². The largest absolute Gasteiger partial charge is 0.474 e. The maximum atomic E-state index is 14.4. The van der Waals surface area contributed by atoms with Crippen LogP contribution >= 0.6 is 0 Å². The predicted octanol–water partition coefficient (Wildman–Crippen LogP) is 3.72. The first-order chi connectivity index (χ1) is 15.7. The molecular formula is C23H30FN3O5S. The van der Waals surface area contributed by atoms with Crippen LogP contribution in [0.4, 0.5) is 4.39 Å². The summed E-state index contributed by atoms with van der Waals surface area (Å²) in [6.45, 7) is 6.30. The van der Waals surface area contributed by atoms with Gasteiger partial charge in [-0.25, -0.2) is 22.8 Å². The van der Waals surface area contributed by atoms with Crippen LogP contribution < -0.4 is 9.47 Å². The summed E-state index contributed by atoms with van der Waals surface area (Å²) in [7, 11) is -3.52. The Balaban J connectivity index is 1.58. The van der Waals surface area contributed by atoms with Crippen molar-refractivity contribution in [3.8, 4) is 17.5 Å². The molecule has 1 aromatic heterocycles. The molecule has 0 amide bonds. The number of ether oxygens (including phenoxy) is 2. The minimum atomic E-state index is -3.52. The van der Waals surface area contributed by atoms with Crippen molar-refractivity contribution < 1.29 is 27.1 Å². The van der Waals surface area contributed by atoms with Gasteiger partial charge in [-0.15, -0.1) is 0 Å². The van der Waals surface area contributed by atoms with Gasteiger partial charge in [0.2, 0.25) is 11.8 Å². The Morgan fingerprint density at radius 2 is 1.91 bits per heavy atom. The Bertz CT molecular complexity index is 1090. The maximum Gasteiger partial charge on any atom is 0.229 e. The Kier molecular flexibility index (Phi) is 8.36. The second-order valence-electron chi connectivity index (χ2n) is 8.23. The number of carbonyl (C=O) groups is 1. The summed E-state index contributed by atoms with van der Waals surface area (Å²) in [5.74, 6) is -0.114. The lowest BCUT2D eigenvalue weighted by atomic mass is 10.1. The lowest BCUT2D eigenvalue weighted by Crippen LogP contribution is -2.39. The van der Waals surface area contributed by atoms with Crippen molar-refractivity contribution in [3.63, 3.8) is 0 Å². The summed E-state index contributed by atoms with van der Waals surface area (Å²) < 4.78 is 49.2. The fourth-order valence-electron chi connectivity index (χ4n) is 3.62. The van der Waals surface area contributed by atoms with Crippen molar-refractivity contribution in [2.45, 2.75) is 57.0 Å². The van der Waals surface area contributed by atoms with Crippen LogP contribution in [0.5, 0.6) is 17.5 Å². The van der Waals surface area contributed by atoms with Crippen molar-refractivity contribution in [1.82, 2.24) is 14.9 Å². The first-order valence-electron chi connectivity index (χ1n) is 11.1. The average Bonchev–Trinajstić information content (AvgIpc) is 2.78. The quantitative estimate of drug-likeness (QED) is 0.508. The molecule has 0 aliphatic carbocycles. The number of sulfone groups is 1. The molecule has 1 saturated heterocycles. The zero-order valence-corrected chi connectivity index (χ0v) is 20.0. The number of rotatable bonds is 10. The Hall–Kier alpha value is -2.59. The van der Waals surface area contributed by atoms with Crippen LogP contribution in [0.3, 0.4) is 0 Å². The summed E-state index contributed by atoms with van der Waals surface area (Å²) in [5.41, 5.74) is 0.532. The summed E-state index contributed by atoms with van der Waals surface area (Å²) in [6, 6.07) is 3.47. The molecule has 1 aromatic carbocycles. The minimum absolute atomic E-state index is 0.00856. The van der Waals surface area contributed by atoms with E-state index in [1.165, 1.54) is 18.5 Å². The number of aromatic nitrogens is 2. The molecule has 1 fully saturated rings. The monoisotopic (exact) mass is 479 g/mol. The molecular weight excluding hydrogens is 449 g/mol. The molecule has 10 heteroatoms. The summed E-state index contributed by atoms with van der Waals surface area (Å²) in [6.07, 6.45) is 6.08. The molecule has 1 aliphatic rings. The van der Waals surface area contributed by atoms with Gasteiger partial charge < -0.3 is 14.4 Å². The first kappa shape index (κ1) is 25.0.